The number of halogens is 3. The van der Waals surface area contributed by atoms with Gasteiger partial charge in [-0.2, -0.15) is 5.10 Å². The number of hydrogen-bond acceptors (Lipinski definition) is 3. The smallest absolute Gasteiger partial charge is 0.272 e. The number of carbonyl (C=O) groups excluding carboxylic acids is 1. The van der Waals surface area contributed by atoms with Crippen LogP contribution in [0.15, 0.2) is 42.5 Å². The highest BCUT2D eigenvalue weighted by Crippen LogP contribution is 2.34. The second kappa shape index (κ2) is 8.83. The molecule has 162 valence electrons. The summed E-state index contributed by atoms with van der Waals surface area (Å²) in [6, 6.07) is 12.9. The first-order valence-electron chi connectivity index (χ1n) is 9.99. The van der Waals surface area contributed by atoms with Crippen molar-refractivity contribution >= 4 is 40.7 Å². The summed E-state index contributed by atoms with van der Waals surface area (Å²) in [5.74, 6) is -0.157. The van der Waals surface area contributed by atoms with Crippen LogP contribution >= 0.6 is 34.8 Å². The van der Waals surface area contributed by atoms with E-state index in [9.17, 15) is 4.79 Å². The summed E-state index contributed by atoms with van der Waals surface area (Å²) >= 11 is 19.1. The monoisotopic (exact) mass is 477 g/mol. The van der Waals surface area contributed by atoms with Crippen LogP contribution in [-0.2, 0) is 4.74 Å². The van der Waals surface area contributed by atoms with Crippen LogP contribution in [0.4, 0.5) is 0 Å². The van der Waals surface area contributed by atoms with Crippen LogP contribution in [0, 0.1) is 6.92 Å². The van der Waals surface area contributed by atoms with Crippen molar-refractivity contribution < 1.29 is 9.53 Å². The highest BCUT2D eigenvalue weighted by molar-refractivity contribution is 6.40. The summed E-state index contributed by atoms with van der Waals surface area (Å²) in [4.78, 5) is 15.4. The summed E-state index contributed by atoms with van der Waals surface area (Å²) in [6.45, 7) is 6.92. The van der Waals surface area contributed by atoms with Gasteiger partial charge >= 0.3 is 0 Å². The van der Waals surface area contributed by atoms with E-state index in [1.807, 2.05) is 45.0 Å². The molecule has 2 heterocycles. The molecule has 4 rings (SSSR count). The highest BCUT2D eigenvalue weighted by Gasteiger charge is 2.30. The van der Waals surface area contributed by atoms with E-state index in [-0.39, 0.29) is 18.1 Å². The fourth-order valence-corrected chi connectivity index (χ4v) is 4.79. The van der Waals surface area contributed by atoms with Gasteiger partial charge in [-0.25, -0.2) is 4.68 Å². The molecule has 2 atom stereocenters. The lowest BCUT2D eigenvalue weighted by Gasteiger charge is -2.35. The Labute approximate surface area is 196 Å². The van der Waals surface area contributed by atoms with Crippen LogP contribution in [0.2, 0.25) is 15.1 Å². The van der Waals surface area contributed by atoms with E-state index in [4.69, 9.17) is 44.6 Å². The van der Waals surface area contributed by atoms with Gasteiger partial charge in [0.25, 0.3) is 5.91 Å². The van der Waals surface area contributed by atoms with Gasteiger partial charge in [-0.15, -0.1) is 0 Å². The minimum Gasteiger partial charge on any atom is -0.372 e. The lowest BCUT2D eigenvalue weighted by Crippen LogP contribution is -2.48. The van der Waals surface area contributed by atoms with E-state index < -0.39 is 0 Å². The summed E-state index contributed by atoms with van der Waals surface area (Å²) in [7, 11) is 0. The van der Waals surface area contributed by atoms with Gasteiger partial charge in [0.2, 0.25) is 0 Å². The number of aryl methyl sites for hydroxylation is 1. The molecule has 1 fully saturated rings. The number of rotatable bonds is 3. The average Bonchev–Trinajstić information content (AvgIpc) is 3.11. The van der Waals surface area contributed by atoms with Gasteiger partial charge < -0.3 is 9.64 Å². The Morgan fingerprint density at radius 1 is 1.00 bits per heavy atom. The number of hydrogen-bond donors (Lipinski definition) is 0. The van der Waals surface area contributed by atoms with Gasteiger partial charge in [0.15, 0.2) is 0 Å². The predicted molar refractivity (Wildman–Crippen MR) is 125 cm³/mol. The van der Waals surface area contributed by atoms with Crippen molar-refractivity contribution in [3.05, 3.63) is 68.8 Å². The van der Waals surface area contributed by atoms with Crippen molar-refractivity contribution in [2.45, 2.75) is 33.0 Å². The molecule has 1 aliphatic heterocycles. The predicted octanol–water partition coefficient (Wildman–Crippen LogP) is 6.06. The Morgan fingerprint density at radius 3 is 2.16 bits per heavy atom. The van der Waals surface area contributed by atoms with Crippen LogP contribution in [-0.4, -0.2) is 45.9 Å². The topological polar surface area (TPSA) is 47.4 Å². The molecule has 8 heteroatoms. The molecule has 0 aliphatic carbocycles. The summed E-state index contributed by atoms with van der Waals surface area (Å²) < 4.78 is 7.30. The largest absolute Gasteiger partial charge is 0.372 e. The van der Waals surface area contributed by atoms with Crippen LogP contribution in [0.3, 0.4) is 0 Å². The average molecular weight is 479 g/mol. The number of aromatic nitrogens is 2. The van der Waals surface area contributed by atoms with Gasteiger partial charge in [-0.3, -0.25) is 4.79 Å². The van der Waals surface area contributed by atoms with Crippen molar-refractivity contribution in [1.82, 2.24) is 14.7 Å². The molecule has 1 aromatic heterocycles. The zero-order valence-corrected chi connectivity index (χ0v) is 19.7. The Morgan fingerprint density at radius 2 is 1.58 bits per heavy atom. The maximum Gasteiger partial charge on any atom is 0.272 e. The molecule has 1 aliphatic rings. The highest BCUT2D eigenvalue weighted by atomic mass is 35.5. The Hall–Kier alpha value is -2.05. The number of nitrogens with zero attached hydrogens (tertiary/aromatic N) is 3. The summed E-state index contributed by atoms with van der Waals surface area (Å²) in [5, 5.41) is 5.75. The number of amides is 1. The fraction of sp³-hybridized carbons (Fsp3) is 0.304. The van der Waals surface area contributed by atoms with E-state index in [1.165, 1.54) is 4.68 Å². The van der Waals surface area contributed by atoms with E-state index in [1.54, 1.807) is 23.1 Å². The van der Waals surface area contributed by atoms with Gasteiger partial charge in [-0.1, -0.05) is 64.6 Å². The van der Waals surface area contributed by atoms with E-state index in [0.717, 1.165) is 11.1 Å². The third-order valence-corrected chi connectivity index (χ3v) is 5.97. The molecule has 2 aromatic carbocycles. The normalized spacial score (nSPS) is 19.0. The summed E-state index contributed by atoms with van der Waals surface area (Å²) in [5.41, 5.74) is 3.48. The van der Waals surface area contributed by atoms with E-state index >= 15 is 0 Å². The zero-order chi connectivity index (χ0) is 22.3. The van der Waals surface area contributed by atoms with Gasteiger partial charge in [0.05, 0.1) is 27.9 Å². The number of carbonyl (C=O) groups is 1. The molecule has 2 unspecified atom stereocenters. The number of benzene rings is 2. The first kappa shape index (κ1) is 22.2. The van der Waals surface area contributed by atoms with Crippen LogP contribution in [0.1, 0.15) is 29.9 Å². The second-order valence-corrected chi connectivity index (χ2v) is 9.13. The van der Waals surface area contributed by atoms with Crippen LogP contribution in [0.5, 0.6) is 0 Å². The standard InChI is InChI=1S/C23H22Cl3N3O2/c1-13-4-6-16(7-5-13)20-10-21(23(30)28-11-14(2)31-15(3)12-28)29(27-20)22-18(25)8-17(24)9-19(22)26/h4-10,14-15H,11-12H2,1-3H3. The van der Waals surface area contributed by atoms with Crippen molar-refractivity contribution in [2.24, 2.45) is 0 Å². The molecule has 0 saturated carbocycles. The first-order valence-corrected chi connectivity index (χ1v) is 11.1. The molecule has 31 heavy (non-hydrogen) atoms. The van der Waals surface area contributed by atoms with E-state index in [2.05, 4.69) is 0 Å². The molecule has 0 radical (unpaired) electrons. The van der Waals surface area contributed by atoms with Crippen molar-refractivity contribution in [3.8, 4) is 16.9 Å². The molecule has 5 nitrogen and oxygen atoms in total. The molecule has 3 aromatic rings. The SMILES string of the molecule is Cc1ccc(-c2cc(C(=O)N3CC(C)OC(C)C3)n(-c3c(Cl)cc(Cl)cc3Cl)n2)cc1. The molecule has 0 spiro atoms. The zero-order valence-electron chi connectivity index (χ0n) is 17.4. The van der Waals surface area contributed by atoms with Crippen molar-refractivity contribution in [2.75, 3.05) is 13.1 Å². The molecular weight excluding hydrogens is 457 g/mol. The van der Waals surface area contributed by atoms with Crippen molar-refractivity contribution in [1.29, 1.82) is 0 Å². The molecular formula is C23H22Cl3N3O2. The Balaban J connectivity index is 1.85. The maximum absolute atomic E-state index is 13.6. The summed E-state index contributed by atoms with van der Waals surface area (Å²) in [6.07, 6.45) is -0.105. The minimum absolute atomic E-state index is 0.0525. The fourth-order valence-electron chi connectivity index (χ4n) is 3.81. The molecule has 0 N–H and O–H groups in total. The maximum atomic E-state index is 13.6. The Kier molecular flexibility index (Phi) is 6.31. The third kappa shape index (κ3) is 4.60. The lowest BCUT2D eigenvalue weighted by atomic mass is 10.1. The third-order valence-electron chi connectivity index (χ3n) is 5.18. The first-order chi connectivity index (χ1) is 14.7. The molecule has 0 bridgehead atoms. The van der Waals surface area contributed by atoms with Crippen LogP contribution in [0.25, 0.3) is 16.9 Å². The molecule has 1 amide bonds. The number of morpholine rings is 1. The Bertz CT molecular complexity index is 1090. The number of ether oxygens (including phenoxy) is 1. The second-order valence-electron chi connectivity index (χ2n) is 7.88. The van der Waals surface area contributed by atoms with Gasteiger partial charge in [0, 0.05) is 23.7 Å². The van der Waals surface area contributed by atoms with Gasteiger partial charge in [-0.05, 0) is 39.0 Å². The minimum atomic E-state index is -0.157. The van der Waals surface area contributed by atoms with E-state index in [0.29, 0.717) is 45.2 Å². The van der Waals surface area contributed by atoms with Crippen LogP contribution < -0.4 is 0 Å². The lowest BCUT2D eigenvalue weighted by molar-refractivity contribution is -0.0588. The van der Waals surface area contributed by atoms with Crippen molar-refractivity contribution in [3.63, 3.8) is 0 Å². The van der Waals surface area contributed by atoms with Gasteiger partial charge in [0.1, 0.15) is 11.4 Å². The molecule has 1 saturated heterocycles. The quantitative estimate of drug-likeness (QED) is 0.460.